The molecule has 5 nitrogen and oxygen atoms in total. The number of hydrogen-bond acceptors (Lipinski definition) is 4. The van der Waals surface area contributed by atoms with Crippen molar-refractivity contribution in [2.75, 3.05) is 31.2 Å². The molecule has 0 atom stereocenters. The number of rotatable bonds is 5. The van der Waals surface area contributed by atoms with Crippen molar-refractivity contribution in [1.82, 2.24) is 14.9 Å². The third-order valence-corrected chi connectivity index (χ3v) is 5.33. The number of para-hydroxylation sites is 1. The minimum atomic E-state index is 0.776. The summed E-state index contributed by atoms with van der Waals surface area (Å²) in [6.45, 7) is 7.23. The predicted molar refractivity (Wildman–Crippen MR) is 105 cm³/mol. The molecule has 0 unspecified atom stereocenters. The Morgan fingerprint density at radius 1 is 1.08 bits per heavy atom. The Balaban J connectivity index is 1.50. The average molecular weight is 350 g/mol. The quantitative estimate of drug-likeness (QED) is 0.768. The molecule has 4 rings (SSSR count). The van der Waals surface area contributed by atoms with Crippen LogP contribution in [0.5, 0.6) is 0 Å². The summed E-state index contributed by atoms with van der Waals surface area (Å²) in [7, 11) is 2.14. The summed E-state index contributed by atoms with van der Waals surface area (Å²) < 4.78 is 7.74. The maximum absolute atomic E-state index is 5.47. The van der Waals surface area contributed by atoms with E-state index in [9.17, 15) is 0 Å². The van der Waals surface area contributed by atoms with E-state index in [1.807, 2.05) is 12.3 Å². The van der Waals surface area contributed by atoms with Crippen LogP contribution in [0.15, 0.2) is 42.6 Å². The number of ether oxygens (including phenoxy) is 1. The van der Waals surface area contributed by atoms with Crippen LogP contribution in [0.4, 0.5) is 5.82 Å². The van der Waals surface area contributed by atoms with E-state index in [1.165, 1.54) is 27.7 Å². The van der Waals surface area contributed by atoms with Gasteiger partial charge in [0.2, 0.25) is 0 Å². The van der Waals surface area contributed by atoms with Crippen LogP contribution in [-0.4, -0.2) is 35.9 Å². The number of hydrogen-bond donors (Lipinski definition) is 1. The fourth-order valence-electron chi connectivity index (χ4n) is 3.77. The monoisotopic (exact) mass is 350 g/mol. The molecule has 5 heteroatoms. The van der Waals surface area contributed by atoms with Crippen molar-refractivity contribution < 1.29 is 4.74 Å². The Bertz CT molecular complexity index is 896. The molecule has 1 saturated heterocycles. The third kappa shape index (κ3) is 3.20. The van der Waals surface area contributed by atoms with E-state index in [4.69, 9.17) is 4.74 Å². The predicted octanol–water partition coefficient (Wildman–Crippen LogP) is 3.01. The van der Waals surface area contributed by atoms with E-state index in [0.29, 0.717) is 0 Å². The lowest BCUT2D eigenvalue weighted by atomic mass is 10.1. The second kappa shape index (κ2) is 7.48. The highest BCUT2D eigenvalue weighted by molar-refractivity contribution is 5.85. The highest BCUT2D eigenvalue weighted by Crippen LogP contribution is 2.25. The molecule has 1 N–H and O–H groups in total. The molecule has 3 aromatic rings. The second-order valence-corrected chi connectivity index (χ2v) is 6.83. The number of anilines is 1. The van der Waals surface area contributed by atoms with Gasteiger partial charge in [0.1, 0.15) is 5.82 Å². The van der Waals surface area contributed by atoms with Crippen LogP contribution in [0.3, 0.4) is 0 Å². The smallest absolute Gasteiger partial charge is 0.133 e. The molecular weight excluding hydrogens is 324 g/mol. The van der Waals surface area contributed by atoms with Crippen molar-refractivity contribution in [2.45, 2.75) is 20.0 Å². The van der Waals surface area contributed by atoms with Crippen molar-refractivity contribution in [3.05, 3.63) is 59.4 Å². The first-order valence-electron chi connectivity index (χ1n) is 9.26. The largest absolute Gasteiger partial charge is 0.378 e. The topological polar surface area (TPSA) is 42.3 Å². The van der Waals surface area contributed by atoms with Crippen molar-refractivity contribution in [3.8, 4) is 0 Å². The number of aromatic nitrogens is 2. The highest BCUT2D eigenvalue weighted by Gasteiger charge is 2.16. The van der Waals surface area contributed by atoms with Gasteiger partial charge in [0, 0.05) is 61.6 Å². The summed E-state index contributed by atoms with van der Waals surface area (Å²) in [5.74, 6) is 1.08. The maximum atomic E-state index is 5.47. The first-order chi connectivity index (χ1) is 12.8. The van der Waals surface area contributed by atoms with Gasteiger partial charge in [-0.1, -0.05) is 24.3 Å². The van der Waals surface area contributed by atoms with Gasteiger partial charge in [0.25, 0.3) is 0 Å². The van der Waals surface area contributed by atoms with Gasteiger partial charge < -0.3 is 19.5 Å². The molecule has 136 valence electrons. The van der Waals surface area contributed by atoms with Crippen molar-refractivity contribution in [1.29, 1.82) is 0 Å². The molecule has 0 spiro atoms. The highest BCUT2D eigenvalue weighted by atomic mass is 16.5. The molecule has 26 heavy (non-hydrogen) atoms. The maximum Gasteiger partial charge on any atom is 0.133 e. The lowest BCUT2D eigenvalue weighted by molar-refractivity contribution is 0.122. The SMILES string of the molecule is Cc1c(CNCc2cccnc2N2CCOCC2)c2ccccc2n1C. The van der Waals surface area contributed by atoms with Crippen LogP contribution in [-0.2, 0) is 24.9 Å². The van der Waals surface area contributed by atoms with E-state index < -0.39 is 0 Å². The molecule has 0 amide bonds. The van der Waals surface area contributed by atoms with Gasteiger partial charge in [-0.15, -0.1) is 0 Å². The molecule has 0 saturated carbocycles. The van der Waals surface area contributed by atoms with E-state index in [-0.39, 0.29) is 0 Å². The normalized spacial score (nSPS) is 14.9. The molecule has 1 fully saturated rings. The molecular formula is C21H26N4O. The zero-order valence-corrected chi connectivity index (χ0v) is 15.5. The molecule has 1 aliphatic heterocycles. The Kier molecular flexibility index (Phi) is 4.91. The molecule has 0 aliphatic carbocycles. The van der Waals surface area contributed by atoms with Crippen LogP contribution < -0.4 is 10.2 Å². The summed E-state index contributed by atoms with van der Waals surface area (Å²) in [4.78, 5) is 6.95. The summed E-state index contributed by atoms with van der Waals surface area (Å²) in [5.41, 5.74) is 5.22. The van der Waals surface area contributed by atoms with Gasteiger partial charge >= 0.3 is 0 Å². The second-order valence-electron chi connectivity index (χ2n) is 6.83. The average Bonchev–Trinajstić information content (AvgIpc) is 2.94. The zero-order valence-electron chi connectivity index (χ0n) is 15.5. The minimum absolute atomic E-state index is 0.776. The van der Waals surface area contributed by atoms with E-state index in [1.54, 1.807) is 0 Å². The van der Waals surface area contributed by atoms with Gasteiger partial charge in [-0.2, -0.15) is 0 Å². The fourth-order valence-corrected chi connectivity index (χ4v) is 3.77. The summed E-state index contributed by atoms with van der Waals surface area (Å²) in [6, 6.07) is 12.8. The van der Waals surface area contributed by atoms with Gasteiger partial charge in [-0.3, -0.25) is 0 Å². The molecule has 1 aromatic carbocycles. The van der Waals surface area contributed by atoms with Gasteiger partial charge in [-0.05, 0) is 24.6 Å². The van der Waals surface area contributed by atoms with Crippen LogP contribution in [0.1, 0.15) is 16.8 Å². The van der Waals surface area contributed by atoms with Gasteiger partial charge in [0.05, 0.1) is 13.2 Å². The van der Waals surface area contributed by atoms with E-state index in [0.717, 1.165) is 45.2 Å². The number of morpholine rings is 1. The lowest BCUT2D eigenvalue weighted by Gasteiger charge is -2.29. The summed E-state index contributed by atoms with van der Waals surface area (Å²) in [5, 5.41) is 4.97. The van der Waals surface area contributed by atoms with Crippen molar-refractivity contribution in [2.24, 2.45) is 7.05 Å². The van der Waals surface area contributed by atoms with Crippen molar-refractivity contribution >= 4 is 16.7 Å². The molecule has 2 aromatic heterocycles. The standard InChI is InChI=1S/C21H26N4O/c1-16-19(18-7-3-4-8-20(18)24(16)2)15-22-14-17-6-5-9-23-21(17)25-10-12-26-13-11-25/h3-9,22H,10-15H2,1-2H3. The Morgan fingerprint density at radius 3 is 2.73 bits per heavy atom. The first kappa shape index (κ1) is 17.1. The molecule has 3 heterocycles. The number of nitrogens with zero attached hydrogens (tertiary/aromatic N) is 3. The van der Waals surface area contributed by atoms with Crippen LogP contribution in [0.25, 0.3) is 10.9 Å². The third-order valence-electron chi connectivity index (χ3n) is 5.33. The van der Waals surface area contributed by atoms with E-state index in [2.05, 4.69) is 64.1 Å². The number of fused-ring (bicyclic) bond motifs is 1. The Morgan fingerprint density at radius 2 is 1.88 bits per heavy atom. The lowest BCUT2D eigenvalue weighted by Crippen LogP contribution is -2.37. The van der Waals surface area contributed by atoms with E-state index >= 15 is 0 Å². The molecule has 0 bridgehead atoms. The number of aryl methyl sites for hydroxylation is 1. The Labute approximate surface area is 154 Å². The van der Waals surface area contributed by atoms with Crippen LogP contribution in [0.2, 0.25) is 0 Å². The first-order valence-corrected chi connectivity index (χ1v) is 9.26. The number of benzene rings is 1. The summed E-state index contributed by atoms with van der Waals surface area (Å²) >= 11 is 0. The molecule has 1 aliphatic rings. The summed E-state index contributed by atoms with van der Waals surface area (Å²) in [6.07, 6.45) is 1.88. The van der Waals surface area contributed by atoms with Crippen LogP contribution >= 0.6 is 0 Å². The number of nitrogens with one attached hydrogen (secondary N) is 1. The van der Waals surface area contributed by atoms with Crippen LogP contribution in [0, 0.1) is 6.92 Å². The fraction of sp³-hybridized carbons (Fsp3) is 0.381. The Hall–Kier alpha value is -2.37. The van der Waals surface area contributed by atoms with Crippen molar-refractivity contribution in [3.63, 3.8) is 0 Å². The zero-order chi connectivity index (χ0) is 17.9. The number of pyridine rings is 1. The molecule has 0 radical (unpaired) electrons. The van der Waals surface area contributed by atoms with Gasteiger partial charge in [0.15, 0.2) is 0 Å². The van der Waals surface area contributed by atoms with Gasteiger partial charge in [-0.25, -0.2) is 4.98 Å². The minimum Gasteiger partial charge on any atom is -0.378 e.